The number of rotatable bonds is 7. The van der Waals surface area contributed by atoms with Gasteiger partial charge in [-0.3, -0.25) is 4.79 Å². The average Bonchev–Trinajstić information content (AvgIpc) is 2.41. The third-order valence-electron chi connectivity index (χ3n) is 3.73. The SMILES string of the molecule is CCCC1(C(=O)NCC(OC)OC)CCNCC1. The Labute approximate surface area is 110 Å². The normalized spacial score (nSPS) is 18.9. The summed E-state index contributed by atoms with van der Waals surface area (Å²) in [4.78, 5) is 12.4. The molecule has 0 spiro atoms. The van der Waals surface area contributed by atoms with Gasteiger partial charge in [0.1, 0.15) is 0 Å². The largest absolute Gasteiger partial charge is 0.354 e. The van der Waals surface area contributed by atoms with E-state index in [-0.39, 0.29) is 17.6 Å². The molecule has 0 aromatic carbocycles. The predicted octanol–water partition coefficient (Wildman–Crippen LogP) is 0.891. The molecule has 1 rings (SSSR count). The van der Waals surface area contributed by atoms with Gasteiger partial charge in [0.05, 0.1) is 12.0 Å². The summed E-state index contributed by atoms with van der Waals surface area (Å²) in [6.07, 6.45) is 3.44. The Balaban J connectivity index is 2.54. The van der Waals surface area contributed by atoms with Crippen molar-refractivity contribution in [3.8, 4) is 0 Å². The second kappa shape index (κ2) is 7.71. The smallest absolute Gasteiger partial charge is 0.226 e. The standard InChI is InChI=1S/C13H26N2O3/c1-4-5-13(6-8-14-9-7-13)12(16)15-10-11(17-2)18-3/h11,14H,4-10H2,1-3H3,(H,15,16). The van der Waals surface area contributed by atoms with Crippen molar-refractivity contribution in [1.29, 1.82) is 0 Å². The maximum absolute atomic E-state index is 12.4. The predicted molar refractivity (Wildman–Crippen MR) is 70.3 cm³/mol. The van der Waals surface area contributed by atoms with Crippen LogP contribution in [0.2, 0.25) is 0 Å². The zero-order chi connectivity index (χ0) is 13.4. The van der Waals surface area contributed by atoms with E-state index in [0.717, 1.165) is 38.8 Å². The molecule has 1 amide bonds. The highest BCUT2D eigenvalue weighted by atomic mass is 16.7. The number of methoxy groups -OCH3 is 2. The lowest BCUT2D eigenvalue weighted by atomic mass is 9.74. The van der Waals surface area contributed by atoms with Crippen LogP contribution in [0, 0.1) is 5.41 Å². The van der Waals surface area contributed by atoms with Gasteiger partial charge in [0.2, 0.25) is 5.91 Å². The third kappa shape index (κ3) is 3.93. The fraction of sp³-hybridized carbons (Fsp3) is 0.923. The summed E-state index contributed by atoms with van der Waals surface area (Å²) in [7, 11) is 3.15. The molecule has 0 saturated carbocycles. The molecule has 18 heavy (non-hydrogen) atoms. The molecule has 5 heteroatoms. The van der Waals surface area contributed by atoms with Crippen LogP contribution in [0.3, 0.4) is 0 Å². The lowest BCUT2D eigenvalue weighted by molar-refractivity contribution is -0.138. The quantitative estimate of drug-likeness (QED) is 0.666. The first-order valence-corrected chi connectivity index (χ1v) is 6.73. The summed E-state index contributed by atoms with van der Waals surface area (Å²) in [5.74, 6) is 0.143. The number of amides is 1. The van der Waals surface area contributed by atoms with Crippen LogP contribution >= 0.6 is 0 Å². The highest BCUT2D eigenvalue weighted by Crippen LogP contribution is 2.34. The van der Waals surface area contributed by atoms with Crippen LogP contribution in [-0.4, -0.2) is 46.1 Å². The molecule has 1 fully saturated rings. The van der Waals surface area contributed by atoms with Crippen LogP contribution in [0.15, 0.2) is 0 Å². The summed E-state index contributed by atoms with van der Waals surface area (Å²) in [5, 5.41) is 6.27. The Morgan fingerprint density at radius 1 is 1.33 bits per heavy atom. The van der Waals surface area contributed by atoms with Crippen LogP contribution in [0.5, 0.6) is 0 Å². The fourth-order valence-electron chi connectivity index (χ4n) is 2.60. The van der Waals surface area contributed by atoms with Gasteiger partial charge in [0, 0.05) is 14.2 Å². The first kappa shape index (κ1) is 15.4. The summed E-state index contributed by atoms with van der Waals surface area (Å²) >= 11 is 0. The Bertz CT molecular complexity index is 243. The molecule has 0 radical (unpaired) electrons. The minimum atomic E-state index is -0.366. The highest BCUT2D eigenvalue weighted by Gasteiger charge is 2.38. The van der Waals surface area contributed by atoms with Crippen molar-refractivity contribution in [2.75, 3.05) is 33.9 Å². The highest BCUT2D eigenvalue weighted by molar-refractivity contribution is 5.82. The van der Waals surface area contributed by atoms with Gasteiger partial charge in [-0.25, -0.2) is 0 Å². The number of nitrogens with one attached hydrogen (secondary N) is 2. The van der Waals surface area contributed by atoms with Gasteiger partial charge in [-0.15, -0.1) is 0 Å². The van der Waals surface area contributed by atoms with Crippen molar-refractivity contribution < 1.29 is 14.3 Å². The summed E-state index contributed by atoms with van der Waals surface area (Å²) < 4.78 is 10.2. The molecule has 0 atom stereocenters. The Morgan fingerprint density at radius 3 is 2.44 bits per heavy atom. The third-order valence-corrected chi connectivity index (χ3v) is 3.73. The van der Waals surface area contributed by atoms with E-state index in [1.165, 1.54) is 0 Å². The van der Waals surface area contributed by atoms with E-state index in [2.05, 4.69) is 17.6 Å². The van der Waals surface area contributed by atoms with E-state index in [4.69, 9.17) is 9.47 Å². The molecule has 1 saturated heterocycles. The van der Waals surface area contributed by atoms with E-state index in [1.54, 1.807) is 14.2 Å². The van der Waals surface area contributed by atoms with E-state index in [1.807, 2.05) is 0 Å². The zero-order valence-corrected chi connectivity index (χ0v) is 11.8. The van der Waals surface area contributed by atoms with Gasteiger partial charge in [-0.05, 0) is 32.4 Å². The van der Waals surface area contributed by atoms with Crippen molar-refractivity contribution in [3.05, 3.63) is 0 Å². The number of hydrogen-bond acceptors (Lipinski definition) is 4. The number of carbonyl (C=O) groups is 1. The molecule has 1 aliphatic heterocycles. The van der Waals surface area contributed by atoms with Crippen LogP contribution in [0.25, 0.3) is 0 Å². The summed E-state index contributed by atoms with van der Waals surface area (Å²) in [6, 6.07) is 0. The number of hydrogen-bond donors (Lipinski definition) is 2. The maximum atomic E-state index is 12.4. The van der Waals surface area contributed by atoms with E-state index in [9.17, 15) is 4.79 Å². The van der Waals surface area contributed by atoms with E-state index >= 15 is 0 Å². The van der Waals surface area contributed by atoms with Crippen LogP contribution < -0.4 is 10.6 Å². The molecule has 0 aliphatic carbocycles. The van der Waals surface area contributed by atoms with Crippen LogP contribution in [0.1, 0.15) is 32.6 Å². The fourth-order valence-corrected chi connectivity index (χ4v) is 2.60. The second-order valence-corrected chi connectivity index (χ2v) is 4.89. The molecule has 0 aromatic heterocycles. The monoisotopic (exact) mass is 258 g/mol. The first-order chi connectivity index (χ1) is 8.68. The van der Waals surface area contributed by atoms with Crippen molar-refractivity contribution in [2.45, 2.75) is 38.9 Å². The average molecular weight is 258 g/mol. The van der Waals surface area contributed by atoms with Crippen molar-refractivity contribution in [2.24, 2.45) is 5.41 Å². The topological polar surface area (TPSA) is 59.6 Å². The molecular formula is C13H26N2O3. The van der Waals surface area contributed by atoms with Crippen molar-refractivity contribution >= 4 is 5.91 Å². The van der Waals surface area contributed by atoms with Gasteiger partial charge in [0.25, 0.3) is 0 Å². The number of piperidine rings is 1. The molecule has 5 nitrogen and oxygen atoms in total. The Hall–Kier alpha value is -0.650. The van der Waals surface area contributed by atoms with Gasteiger partial charge in [0.15, 0.2) is 6.29 Å². The van der Waals surface area contributed by atoms with Crippen molar-refractivity contribution in [1.82, 2.24) is 10.6 Å². The van der Waals surface area contributed by atoms with Gasteiger partial charge >= 0.3 is 0 Å². The van der Waals surface area contributed by atoms with E-state index in [0.29, 0.717) is 6.54 Å². The minimum absolute atomic E-state index is 0.143. The summed E-state index contributed by atoms with van der Waals surface area (Å²) in [5.41, 5.74) is -0.202. The molecule has 1 aliphatic rings. The molecule has 106 valence electrons. The van der Waals surface area contributed by atoms with Crippen molar-refractivity contribution in [3.63, 3.8) is 0 Å². The number of carbonyl (C=O) groups excluding carboxylic acids is 1. The summed E-state index contributed by atoms with van der Waals surface area (Å²) in [6.45, 7) is 4.38. The second-order valence-electron chi connectivity index (χ2n) is 4.89. The molecule has 2 N–H and O–H groups in total. The lowest BCUT2D eigenvalue weighted by Gasteiger charge is -2.36. The first-order valence-electron chi connectivity index (χ1n) is 6.73. The Kier molecular flexibility index (Phi) is 6.60. The zero-order valence-electron chi connectivity index (χ0n) is 11.8. The van der Waals surface area contributed by atoms with Crippen LogP contribution in [-0.2, 0) is 14.3 Å². The van der Waals surface area contributed by atoms with Gasteiger partial charge < -0.3 is 20.1 Å². The molecule has 0 bridgehead atoms. The molecular weight excluding hydrogens is 232 g/mol. The van der Waals surface area contributed by atoms with E-state index < -0.39 is 0 Å². The molecule has 1 heterocycles. The maximum Gasteiger partial charge on any atom is 0.226 e. The molecule has 0 unspecified atom stereocenters. The Morgan fingerprint density at radius 2 is 1.94 bits per heavy atom. The minimum Gasteiger partial charge on any atom is -0.354 e. The lowest BCUT2D eigenvalue weighted by Crippen LogP contribution is -2.49. The number of ether oxygens (including phenoxy) is 2. The van der Waals surface area contributed by atoms with Gasteiger partial charge in [-0.2, -0.15) is 0 Å². The van der Waals surface area contributed by atoms with Gasteiger partial charge in [-0.1, -0.05) is 13.3 Å². The molecule has 0 aromatic rings. The van der Waals surface area contributed by atoms with Crippen LogP contribution in [0.4, 0.5) is 0 Å².